The first-order valence-electron chi connectivity index (χ1n) is 6.84. The molecule has 0 unspecified atom stereocenters. The topological polar surface area (TPSA) is 56.2 Å². The molecule has 0 atom stereocenters. The monoisotopic (exact) mass is 265 g/mol. The number of carbonyl (C=O) groups is 1. The normalized spacial score (nSPS) is 15.1. The van der Waals surface area contributed by atoms with Crippen LogP contribution in [0.15, 0.2) is 6.20 Å². The molecule has 5 nitrogen and oxygen atoms in total. The van der Waals surface area contributed by atoms with Gasteiger partial charge in [0.2, 0.25) is 5.91 Å². The minimum atomic E-state index is 0.0340. The zero-order chi connectivity index (χ0) is 13.9. The van der Waals surface area contributed by atoms with Crippen LogP contribution in [0.1, 0.15) is 38.4 Å². The van der Waals surface area contributed by atoms with Crippen LogP contribution in [-0.4, -0.2) is 28.8 Å². The van der Waals surface area contributed by atoms with Gasteiger partial charge < -0.3 is 10.1 Å². The predicted octanol–water partition coefficient (Wildman–Crippen LogP) is 1.51. The molecule has 0 radical (unpaired) electrons. The van der Waals surface area contributed by atoms with Crippen LogP contribution < -0.4 is 5.32 Å². The molecule has 1 N–H and O–H groups in total. The number of nitrogens with zero attached hydrogens (tertiary/aromatic N) is 2. The van der Waals surface area contributed by atoms with Gasteiger partial charge in [0.05, 0.1) is 26.0 Å². The fourth-order valence-corrected chi connectivity index (χ4v) is 2.25. The number of fused-ring (bicyclic) bond motifs is 1. The molecular weight excluding hydrogens is 242 g/mol. The van der Waals surface area contributed by atoms with Crippen molar-refractivity contribution in [1.82, 2.24) is 15.1 Å². The second kappa shape index (κ2) is 5.74. The maximum Gasteiger partial charge on any atom is 0.220 e. The molecule has 0 saturated heterocycles. The SMILES string of the molecule is CC(C)(C)CC(=O)NCCn1ncc2c1CCOC2. The Hall–Kier alpha value is -1.36. The summed E-state index contributed by atoms with van der Waals surface area (Å²) in [7, 11) is 0. The molecule has 0 spiro atoms. The summed E-state index contributed by atoms with van der Waals surface area (Å²) in [5, 5.41) is 7.31. The third kappa shape index (κ3) is 4.06. The van der Waals surface area contributed by atoms with Crippen molar-refractivity contribution in [3.8, 4) is 0 Å². The second-order valence-electron chi connectivity index (χ2n) is 6.23. The van der Waals surface area contributed by atoms with Crippen molar-refractivity contribution < 1.29 is 9.53 Å². The predicted molar refractivity (Wildman–Crippen MR) is 72.7 cm³/mol. The van der Waals surface area contributed by atoms with E-state index in [9.17, 15) is 4.79 Å². The van der Waals surface area contributed by atoms with E-state index in [1.54, 1.807) is 0 Å². The van der Waals surface area contributed by atoms with Gasteiger partial charge in [-0.1, -0.05) is 20.8 Å². The highest BCUT2D eigenvalue weighted by molar-refractivity contribution is 5.76. The molecule has 1 aliphatic rings. The van der Waals surface area contributed by atoms with Gasteiger partial charge in [-0.3, -0.25) is 9.48 Å². The van der Waals surface area contributed by atoms with Gasteiger partial charge in [0, 0.05) is 30.6 Å². The van der Waals surface area contributed by atoms with E-state index in [0.29, 0.717) is 19.6 Å². The summed E-state index contributed by atoms with van der Waals surface area (Å²) in [6.45, 7) is 8.97. The molecule has 19 heavy (non-hydrogen) atoms. The lowest BCUT2D eigenvalue weighted by atomic mass is 9.92. The molecular formula is C14H23N3O2. The zero-order valence-corrected chi connectivity index (χ0v) is 12.0. The van der Waals surface area contributed by atoms with Gasteiger partial charge in [0.1, 0.15) is 0 Å². The Morgan fingerprint density at radius 1 is 1.53 bits per heavy atom. The molecule has 0 aromatic carbocycles. The first-order chi connectivity index (χ1) is 8.96. The van der Waals surface area contributed by atoms with E-state index in [0.717, 1.165) is 19.6 Å². The van der Waals surface area contributed by atoms with Crippen LogP contribution >= 0.6 is 0 Å². The molecule has 2 heterocycles. The van der Waals surface area contributed by atoms with E-state index < -0.39 is 0 Å². The van der Waals surface area contributed by atoms with Gasteiger partial charge in [-0.15, -0.1) is 0 Å². The largest absolute Gasteiger partial charge is 0.376 e. The van der Waals surface area contributed by atoms with Crippen LogP contribution in [-0.2, 0) is 29.1 Å². The maximum atomic E-state index is 11.7. The molecule has 1 aromatic heterocycles. The fourth-order valence-electron chi connectivity index (χ4n) is 2.25. The summed E-state index contributed by atoms with van der Waals surface area (Å²) in [6.07, 6.45) is 3.33. The molecule has 1 amide bonds. The summed E-state index contributed by atoms with van der Waals surface area (Å²) in [5.41, 5.74) is 2.45. The Bertz CT molecular complexity index is 446. The summed E-state index contributed by atoms with van der Waals surface area (Å²) >= 11 is 0. The van der Waals surface area contributed by atoms with Crippen molar-refractivity contribution in [3.63, 3.8) is 0 Å². The second-order valence-corrected chi connectivity index (χ2v) is 6.23. The van der Waals surface area contributed by atoms with Crippen LogP contribution in [0.3, 0.4) is 0 Å². The van der Waals surface area contributed by atoms with Crippen molar-refractivity contribution in [2.24, 2.45) is 5.41 Å². The molecule has 106 valence electrons. The van der Waals surface area contributed by atoms with E-state index in [-0.39, 0.29) is 11.3 Å². The van der Waals surface area contributed by atoms with Crippen molar-refractivity contribution >= 4 is 5.91 Å². The van der Waals surface area contributed by atoms with Gasteiger partial charge in [-0.25, -0.2) is 0 Å². The highest BCUT2D eigenvalue weighted by Crippen LogP contribution is 2.18. The number of nitrogens with one attached hydrogen (secondary N) is 1. The Morgan fingerprint density at radius 2 is 2.32 bits per heavy atom. The number of hydrogen-bond acceptors (Lipinski definition) is 3. The minimum Gasteiger partial charge on any atom is -0.376 e. The van der Waals surface area contributed by atoms with Gasteiger partial charge in [0.15, 0.2) is 0 Å². The number of amides is 1. The number of carbonyl (C=O) groups excluding carboxylic acids is 1. The number of ether oxygens (including phenoxy) is 1. The molecule has 0 saturated carbocycles. The molecule has 2 rings (SSSR count). The quantitative estimate of drug-likeness (QED) is 0.897. The molecule has 1 aliphatic heterocycles. The average molecular weight is 265 g/mol. The van der Waals surface area contributed by atoms with Crippen LogP contribution in [0, 0.1) is 5.41 Å². The van der Waals surface area contributed by atoms with Crippen LogP contribution in [0.4, 0.5) is 0 Å². The summed E-state index contributed by atoms with van der Waals surface area (Å²) in [4.78, 5) is 11.7. The number of rotatable bonds is 4. The van der Waals surface area contributed by atoms with Crippen molar-refractivity contribution in [1.29, 1.82) is 0 Å². The first kappa shape index (κ1) is 14.1. The Morgan fingerprint density at radius 3 is 3.05 bits per heavy atom. The van der Waals surface area contributed by atoms with E-state index >= 15 is 0 Å². The van der Waals surface area contributed by atoms with E-state index in [2.05, 4.69) is 31.2 Å². The molecule has 0 aliphatic carbocycles. The molecule has 1 aromatic rings. The van der Waals surface area contributed by atoms with Crippen LogP contribution in [0.2, 0.25) is 0 Å². The first-order valence-corrected chi connectivity index (χ1v) is 6.84. The Kier molecular flexibility index (Phi) is 4.24. The third-order valence-corrected chi connectivity index (χ3v) is 3.11. The van der Waals surface area contributed by atoms with Gasteiger partial charge in [-0.2, -0.15) is 5.10 Å². The maximum absolute atomic E-state index is 11.7. The third-order valence-electron chi connectivity index (χ3n) is 3.11. The molecule has 0 fully saturated rings. The lowest BCUT2D eigenvalue weighted by Gasteiger charge is -2.18. The minimum absolute atomic E-state index is 0.0340. The van der Waals surface area contributed by atoms with Crippen LogP contribution in [0.5, 0.6) is 0 Å². The van der Waals surface area contributed by atoms with Gasteiger partial charge in [0.25, 0.3) is 0 Å². The zero-order valence-electron chi connectivity index (χ0n) is 12.0. The van der Waals surface area contributed by atoms with E-state index in [4.69, 9.17) is 4.74 Å². The van der Waals surface area contributed by atoms with E-state index in [1.165, 1.54) is 11.3 Å². The van der Waals surface area contributed by atoms with Gasteiger partial charge in [-0.05, 0) is 5.41 Å². The van der Waals surface area contributed by atoms with Crippen molar-refractivity contribution in [2.45, 2.75) is 46.8 Å². The average Bonchev–Trinajstić information content (AvgIpc) is 2.70. The van der Waals surface area contributed by atoms with E-state index in [1.807, 2.05) is 10.9 Å². The standard InChI is InChI=1S/C14H23N3O2/c1-14(2,3)8-13(18)15-5-6-17-12-4-7-19-10-11(12)9-16-17/h9H,4-8,10H2,1-3H3,(H,15,18). The van der Waals surface area contributed by atoms with Crippen molar-refractivity contribution in [2.75, 3.05) is 13.2 Å². The summed E-state index contributed by atoms with van der Waals surface area (Å²) in [5.74, 6) is 0.108. The van der Waals surface area contributed by atoms with Gasteiger partial charge >= 0.3 is 0 Å². The Labute approximate surface area is 114 Å². The smallest absolute Gasteiger partial charge is 0.220 e. The number of hydrogen-bond donors (Lipinski definition) is 1. The fraction of sp³-hybridized carbons (Fsp3) is 0.714. The molecule has 0 bridgehead atoms. The lowest BCUT2D eigenvalue weighted by molar-refractivity contribution is -0.122. The Balaban J connectivity index is 1.80. The summed E-state index contributed by atoms with van der Waals surface area (Å²) in [6, 6.07) is 0. The highest BCUT2D eigenvalue weighted by atomic mass is 16.5. The van der Waals surface area contributed by atoms with Crippen molar-refractivity contribution in [3.05, 3.63) is 17.5 Å². The summed E-state index contributed by atoms with van der Waals surface area (Å²) < 4.78 is 7.37. The highest BCUT2D eigenvalue weighted by Gasteiger charge is 2.17. The molecule has 5 heteroatoms. The van der Waals surface area contributed by atoms with Crippen LogP contribution in [0.25, 0.3) is 0 Å². The number of aromatic nitrogens is 2. The lowest BCUT2D eigenvalue weighted by Crippen LogP contribution is -2.31.